The Morgan fingerprint density at radius 2 is 2.15 bits per heavy atom. The molecule has 13 heavy (non-hydrogen) atoms. The zero-order valence-electron chi connectivity index (χ0n) is 7.95. The standard InChI is InChI=1S/C11H13NS/c1-3-9(2)10-6-4-5-7-11(10)12-8-13/h4-7,9H,3H2,1-2H3/t9-/m1/s1. The van der Waals surface area contributed by atoms with Crippen molar-refractivity contribution >= 4 is 23.1 Å². The number of benzene rings is 1. The molecule has 0 unspecified atom stereocenters. The molecule has 0 spiro atoms. The van der Waals surface area contributed by atoms with Crippen LogP contribution in [0.4, 0.5) is 5.69 Å². The third-order valence-corrected chi connectivity index (χ3v) is 2.34. The van der Waals surface area contributed by atoms with Gasteiger partial charge in [-0.2, -0.15) is 4.99 Å². The molecular formula is C11H13NS. The van der Waals surface area contributed by atoms with Crippen LogP contribution >= 0.6 is 12.2 Å². The molecule has 1 nitrogen and oxygen atoms in total. The average molecular weight is 191 g/mol. The molecule has 0 saturated heterocycles. The predicted octanol–water partition coefficient (Wildman–Crippen LogP) is 3.93. The van der Waals surface area contributed by atoms with Crippen LogP contribution in [-0.2, 0) is 0 Å². The number of hydrogen-bond acceptors (Lipinski definition) is 2. The number of isothiocyanates is 1. The highest BCUT2D eigenvalue weighted by Crippen LogP contribution is 2.27. The fourth-order valence-corrected chi connectivity index (χ4v) is 1.37. The lowest BCUT2D eigenvalue weighted by atomic mass is 9.97. The molecule has 0 aliphatic carbocycles. The van der Waals surface area contributed by atoms with Gasteiger partial charge in [-0.05, 0) is 36.2 Å². The minimum Gasteiger partial charge on any atom is -0.194 e. The summed E-state index contributed by atoms with van der Waals surface area (Å²) in [5.41, 5.74) is 2.20. The van der Waals surface area contributed by atoms with Crippen molar-refractivity contribution in [1.82, 2.24) is 0 Å². The summed E-state index contributed by atoms with van der Waals surface area (Å²) >= 11 is 4.60. The minimum absolute atomic E-state index is 0.531. The fraction of sp³-hybridized carbons (Fsp3) is 0.364. The Labute approximate surface area is 84.5 Å². The van der Waals surface area contributed by atoms with Crippen LogP contribution in [0.2, 0.25) is 0 Å². The second-order valence-electron chi connectivity index (χ2n) is 3.07. The van der Waals surface area contributed by atoms with Gasteiger partial charge in [-0.3, -0.25) is 0 Å². The Morgan fingerprint density at radius 3 is 2.77 bits per heavy atom. The first-order chi connectivity index (χ1) is 6.29. The summed E-state index contributed by atoms with van der Waals surface area (Å²) in [6.07, 6.45) is 1.12. The summed E-state index contributed by atoms with van der Waals surface area (Å²) in [4.78, 5) is 4.04. The lowest BCUT2D eigenvalue weighted by Crippen LogP contribution is -1.90. The summed E-state index contributed by atoms with van der Waals surface area (Å²) in [5.74, 6) is 0.531. The van der Waals surface area contributed by atoms with Crippen LogP contribution in [0.25, 0.3) is 0 Å². The lowest BCUT2D eigenvalue weighted by Gasteiger charge is -2.10. The summed E-state index contributed by atoms with van der Waals surface area (Å²) in [6, 6.07) is 8.07. The molecule has 0 amide bonds. The van der Waals surface area contributed by atoms with Gasteiger partial charge in [0.1, 0.15) is 0 Å². The topological polar surface area (TPSA) is 12.4 Å². The first-order valence-corrected chi connectivity index (χ1v) is 4.87. The van der Waals surface area contributed by atoms with Gasteiger partial charge in [0.15, 0.2) is 0 Å². The van der Waals surface area contributed by atoms with Gasteiger partial charge in [-0.1, -0.05) is 32.0 Å². The minimum atomic E-state index is 0.531. The number of thiocarbonyl (C=S) groups is 1. The van der Waals surface area contributed by atoms with E-state index in [1.165, 1.54) is 5.56 Å². The van der Waals surface area contributed by atoms with Crippen molar-refractivity contribution in [2.24, 2.45) is 4.99 Å². The average Bonchev–Trinajstić information content (AvgIpc) is 2.18. The van der Waals surface area contributed by atoms with E-state index in [4.69, 9.17) is 0 Å². The van der Waals surface area contributed by atoms with E-state index in [0.717, 1.165) is 12.1 Å². The fourth-order valence-electron chi connectivity index (χ4n) is 1.28. The molecule has 1 aromatic rings. The van der Waals surface area contributed by atoms with E-state index in [0.29, 0.717) is 5.92 Å². The maximum absolute atomic E-state index is 4.60. The van der Waals surface area contributed by atoms with Crippen LogP contribution in [0.3, 0.4) is 0 Å². The van der Waals surface area contributed by atoms with Gasteiger partial charge in [0, 0.05) is 0 Å². The molecule has 2 heteroatoms. The van der Waals surface area contributed by atoms with E-state index in [2.05, 4.69) is 42.3 Å². The van der Waals surface area contributed by atoms with Crippen molar-refractivity contribution in [1.29, 1.82) is 0 Å². The second-order valence-corrected chi connectivity index (χ2v) is 3.25. The number of nitrogens with zero attached hydrogens (tertiary/aromatic N) is 1. The molecule has 0 fully saturated rings. The van der Waals surface area contributed by atoms with E-state index in [1.54, 1.807) is 0 Å². The molecule has 1 rings (SSSR count). The molecule has 0 bridgehead atoms. The quantitative estimate of drug-likeness (QED) is 0.521. The predicted molar refractivity (Wildman–Crippen MR) is 59.8 cm³/mol. The van der Waals surface area contributed by atoms with E-state index in [1.807, 2.05) is 18.2 Å². The van der Waals surface area contributed by atoms with Gasteiger partial charge < -0.3 is 0 Å². The highest BCUT2D eigenvalue weighted by atomic mass is 32.1. The van der Waals surface area contributed by atoms with Crippen molar-refractivity contribution in [2.75, 3.05) is 0 Å². The largest absolute Gasteiger partial charge is 0.194 e. The van der Waals surface area contributed by atoms with E-state index < -0.39 is 0 Å². The van der Waals surface area contributed by atoms with E-state index in [-0.39, 0.29) is 0 Å². The van der Waals surface area contributed by atoms with Crippen molar-refractivity contribution in [2.45, 2.75) is 26.2 Å². The van der Waals surface area contributed by atoms with Crippen LogP contribution < -0.4 is 0 Å². The molecule has 68 valence electrons. The lowest BCUT2D eigenvalue weighted by molar-refractivity contribution is 0.734. The molecule has 0 saturated carbocycles. The summed E-state index contributed by atoms with van der Waals surface area (Å²) in [6.45, 7) is 4.36. The normalized spacial score (nSPS) is 11.8. The van der Waals surface area contributed by atoms with Crippen LogP contribution in [0, 0.1) is 0 Å². The van der Waals surface area contributed by atoms with Gasteiger partial charge >= 0.3 is 0 Å². The molecule has 1 atom stereocenters. The highest BCUT2D eigenvalue weighted by molar-refractivity contribution is 7.78. The van der Waals surface area contributed by atoms with Gasteiger partial charge in [0.05, 0.1) is 10.8 Å². The first-order valence-electron chi connectivity index (χ1n) is 4.46. The van der Waals surface area contributed by atoms with E-state index >= 15 is 0 Å². The third kappa shape index (κ3) is 2.48. The second kappa shape index (κ2) is 4.90. The number of hydrogen-bond donors (Lipinski definition) is 0. The smallest absolute Gasteiger partial charge is 0.0774 e. The maximum atomic E-state index is 4.60. The first kappa shape index (κ1) is 10.1. The third-order valence-electron chi connectivity index (χ3n) is 2.25. The number of aliphatic imine (C=N–C) groups is 1. The zero-order chi connectivity index (χ0) is 9.68. The van der Waals surface area contributed by atoms with Gasteiger partial charge in [0.2, 0.25) is 0 Å². The van der Waals surface area contributed by atoms with Crippen molar-refractivity contribution in [3.05, 3.63) is 29.8 Å². The number of para-hydroxylation sites is 1. The summed E-state index contributed by atoms with van der Waals surface area (Å²) in [5, 5.41) is 2.41. The molecule has 0 aromatic heterocycles. The number of rotatable bonds is 3. The van der Waals surface area contributed by atoms with Crippen molar-refractivity contribution in [3.63, 3.8) is 0 Å². The molecule has 0 N–H and O–H groups in total. The SMILES string of the molecule is CC[C@@H](C)c1ccccc1N=C=S. The molecule has 0 radical (unpaired) electrons. The molecule has 0 heterocycles. The van der Waals surface area contributed by atoms with Crippen LogP contribution in [-0.4, -0.2) is 5.16 Å². The highest BCUT2D eigenvalue weighted by Gasteiger charge is 2.06. The molecule has 0 aliphatic rings. The van der Waals surface area contributed by atoms with E-state index in [9.17, 15) is 0 Å². The molecular weight excluding hydrogens is 178 g/mol. The maximum Gasteiger partial charge on any atom is 0.0774 e. The Morgan fingerprint density at radius 1 is 1.46 bits per heavy atom. The Kier molecular flexibility index (Phi) is 3.81. The van der Waals surface area contributed by atoms with Gasteiger partial charge in [-0.25, -0.2) is 0 Å². The Balaban J connectivity index is 3.11. The van der Waals surface area contributed by atoms with Gasteiger partial charge in [0.25, 0.3) is 0 Å². The van der Waals surface area contributed by atoms with Gasteiger partial charge in [-0.15, -0.1) is 0 Å². The Bertz CT molecular complexity index is 327. The van der Waals surface area contributed by atoms with Crippen LogP contribution in [0.15, 0.2) is 29.3 Å². The Hall–Kier alpha value is -0.980. The van der Waals surface area contributed by atoms with Crippen molar-refractivity contribution in [3.8, 4) is 0 Å². The monoisotopic (exact) mass is 191 g/mol. The molecule has 1 aromatic carbocycles. The summed E-state index contributed by atoms with van der Waals surface area (Å²) < 4.78 is 0. The van der Waals surface area contributed by atoms with Crippen molar-refractivity contribution < 1.29 is 0 Å². The zero-order valence-corrected chi connectivity index (χ0v) is 8.77. The van der Waals surface area contributed by atoms with Crippen LogP contribution in [0.5, 0.6) is 0 Å². The summed E-state index contributed by atoms with van der Waals surface area (Å²) in [7, 11) is 0. The molecule has 0 aliphatic heterocycles. The van der Waals surface area contributed by atoms with Crippen LogP contribution in [0.1, 0.15) is 31.7 Å².